The summed E-state index contributed by atoms with van der Waals surface area (Å²) in [6.45, 7) is -3.11. The second-order valence-corrected chi connectivity index (χ2v) is 4.51. The fourth-order valence-corrected chi connectivity index (χ4v) is 2.20. The molecule has 21 heavy (non-hydrogen) atoms. The van der Waals surface area contributed by atoms with Crippen LogP contribution in [0.15, 0.2) is 22.9 Å². The smallest absolute Gasteiger partial charge is 0.264 e. The summed E-state index contributed by atoms with van der Waals surface area (Å²) < 4.78 is 63.1. The number of ketones is 2. The average molecular weight is 293 g/mol. The number of aromatic nitrogens is 2. The first-order chi connectivity index (χ1) is 13.2. The van der Waals surface area contributed by atoms with Gasteiger partial charge in [0.15, 0.2) is 5.78 Å². The normalized spacial score (nSPS) is 32.3. The molecule has 1 fully saturated rings. The Balaban J connectivity index is 2.53. The summed E-state index contributed by atoms with van der Waals surface area (Å²) in [5, 5.41) is -0.568. The predicted molar refractivity (Wildman–Crippen MR) is 78.1 cm³/mol. The highest BCUT2D eigenvalue weighted by molar-refractivity contribution is 6.03. The lowest BCUT2D eigenvalue weighted by Gasteiger charge is -2.24. The molecule has 0 saturated heterocycles. The molecule has 108 valence electrons. The Kier molecular flexibility index (Phi) is 1.59. The van der Waals surface area contributed by atoms with Crippen LogP contribution in [0.1, 0.15) is 42.0 Å². The number of nitrogens with zero attached hydrogens (tertiary/aromatic N) is 2. The van der Waals surface area contributed by atoms with Crippen molar-refractivity contribution in [3.8, 4) is 0 Å². The minimum atomic E-state index is -3.11. The maximum atomic E-state index is 13.2. The van der Waals surface area contributed by atoms with Gasteiger partial charge in [-0.15, -0.1) is 0 Å². The third kappa shape index (κ3) is 2.12. The lowest BCUT2D eigenvalue weighted by Crippen LogP contribution is -2.36. The number of benzene rings is 1. The molecule has 0 bridgehead atoms. The van der Waals surface area contributed by atoms with Crippen molar-refractivity contribution in [1.29, 1.82) is 0 Å². The zero-order valence-electron chi connectivity index (χ0n) is 18.7. The maximum absolute atomic E-state index is 13.2. The number of hydrogen-bond acceptors (Lipinski definition) is 5. The van der Waals surface area contributed by atoms with Crippen molar-refractivity contribution in [2.24, 2.45) is 0 Å². The highest BCUT2D eigenvalue weighted by atomic mass is 16.2. The Labute approximate surface area is 131 Å². The third-order valence-electron chi connectivity index (χ3n) is 3.18. The molecule has 1 aliphatic rings. The fourth-order valence-electron chi connectivity index (χ4n) is 2.20. The molecule has 0 spiro atoms. The molecule has 1 aromatic heterocycles. The highest BCUT2D eigenvalue weighted by Crippen LogP contribution is 2.24. The zero-order chi connectivity index (χ0) is 22.0. The monoisotopic (exact) mass is 293 g/mol. The number of Topliss-reactive ketones (excluding diaryl/α,β-unsaturated/α-hetero) is 2. The molecule has 0 radical (unpaired) electrons. The average Bonchev–Trinajstić information content (AvgIpc) is 2.61. The van der Waals surface area contributed by atoms with E-state index in [2.05, 4.69) is 4.98 Å². The molecule has 2 unspecified atom stereocenters. The summed E-state index contributed by atoms with van der Waals surface area (Å²) in [4.78, 5) is 41.2. The molecule has 0 aliphatic heterocycles. The van der Waals surface area contributed by atoms with Crippen LogP contribution in [-0.2, 0) is 9.59 Å². The van der Waals surface area contributed by atoms with Crippen molar-refractivity contribution in [3.05, 3.63) is 34.3 Å². The van der Waals surface area contributed by atoms with Crippen LogP contribution in [0, 0.1) is 6.85 Å². The number of nitrogen functional groups attached to an aromatic ring is 1. The predicted octanol–water partition coefficient (Wildman–Crippen LogP) is 1.15. The molecule has 2 N–H and O–H groups in total. The van der Waals surface area contributed by atoms with Crippen LogP contribution < -0.4 is 11.3 Å². The zero-order valence-corrected chi connectivity index (χ0v) is 10.7. The van der Waals surface area contributed by atoms with Crippen LogP contribution in [0.25, 0.3) is 10.9 Å². The SMILES string of the molecule is [2H]c1c([2H])c(N)c2c(=O)n(C3([2H])CC([2H])C(=O)CC3=O)c(C([2H])([2H])[2H])nc2c1[2H]. The Morgan fingerprint density at radius 2 is 2.33 bits per heavy atom. The van der Waals surface area contributed by atoms with Crippen LogP contribution in [-0.4, -0.2) is 21.1 Å². The van der Waals surface area contributed by atoms with E-state index in [0.717, 1.165) is 0 Å². The number of nitrogens with two attached hydrogens (primary N) is 1. The van der Waals surface area contributed by atoms with E-state index >= 15 is 0 Å². The van der Waals surface area contributed by atoms with Gasteiger partial charge in [0.25, 0.3) is 5.56 Å². The summed E-state index contributed by atoms with van der Waals surface area (Å²) in [5.41, 5.74) is 3.41. The van der Waals surface area contributed by atoms with Gasteiger partial charge in [-0.2, -0.15) is 0 Å². The summed E-state index contributed by atoms with van der Waals surface area (Å²) in [6, 6.07) is -4.62. The number of carbonyl (C=O) groups is 2. The van der Waals surface area contributed by atoms with Gasteiger partial charge in [-0.3, -0.25) is 19.0 Å². The van der Waals surface area contributed by atoms with E-state index < -0.39 is 89.8 Å². The van der Waals surface area contributed by atoms with E-state index in [1.165, 1.54) is 0 Å². The minimum absolute atomic E-state index is 0.289. The number of rotatable bonds is 1. The number of fused-ring (bicyclic) bond motifs is 1. The van der Waals surface area contributed by atoms with Crippen molar-refractivity contribution in [2.45, 2.75) is 32.1 Å². The fraction of sp³-hybridized carbons (Fsp3) is 0.333. The Hall–Kier alpha value is -2.50. The molecule has 1 saturated carbocycles. The molecule has 6 heteroatoms. The van der Waals surface area contributed by atoms with Crippen LogP contribution in [0.4, 0.5) is 5.69 Å². The number of aryl methyl sites for hydroxylation is 1. The molecular formula is C15H15N3O3. The second-order valence-electron chi connectivity index (χ2n) is 4.51. The lowest BCUT2D eigenvalue weighted by molar-refractivity contribution is -0.132. The summed E-state index contributed by atoms with van der Waals surface area (Å²) in [6.07, 6.45) is -3.11. The van der Waals surface area contributed by atoms with Gasteiger partial charge < -0.3 is 5.73 Å². The van der Waals surface area contributed by atoms with Crippen LogP contribution in [0.2, 0.25) is 0 Å². The van der Waals surface area contributed by atoms with E-state index in [-0.39, 0.29) is 4.57 Å². The van der Waals surface area contributed by atoms with E-state index in [1.807, 2.05) is 0 Å². The Morgan fingerprint density at radius 1 is 1.52 bits per heavy atom. The van der Waals surface area contributed by atoms with Crippen LogP contribution in [0.3, 0.4) is 0 Å². The maximum Gasteiger partial charge on any atom is 0.264 e. The number of anilines is 1. The largest absolute Gasteiger partial charge is 0.398 e. The quantitative estimate of drug-likeness (QED) is 0.628. The lowest BCUT2D eigenvalue weighted by atomic mass is 9.92. The van der Waals surface area contributed by atoms with Crippen molar-refractivity contribution < 1.29 is 20.6 Å². The van der Waals surface area contributed by atoms with Gasteiger partial charge >= 0.3 is 0 Å². The minimum Gasteiger partial charge on any atom is -0.398 e. The van der Waals surface area contributed by atoms with Crippen molar-refractivity contribution >= 4 is 28.2 Å². The number of carbonyl (C=O) groups excluding carboxylic acids is 2. The van der Waals surface area contributed by atoms with Crippen molar-refractivity contribution in [2.75, 3.05) is 5.73 Å². The van der Waals surface area contributed by atoms with Gasteiger partial charge in [-0.25, -0.2) is 4.98 Å². The van der Waals surface area contributed by atoms with Crippen LogP contribution >= 0.6 is 0 Å². The molecule has 6 nitrogen and oxygen atoms in total. The van der Waals surface area contributed by atoms with E-state index in [9.17, 15) is 14.4 Å². The summed E-state index contributed by atoms with van der Waals surface area (Å²) >= 11 is 0. The van der Waals surface area contributed by atoms with Gasteiger partial charge in [0, 0.05) is 17.6 Å². The standard InChI is InChI=1S/C15H15N3O3/c1-8-17-11-4-2-3-10(16)14(11)15(21)18(8)12-6-5-9(19)7-13(12)20/h2-4,12H,5-7,16H2,1H3/i1D3,2D,3D,4D,5D,12D. The van der Waals surface area contributed by atoms with E-state index in [1.54, 1.807) is 0 Å². The molecule has 1 heterocycles. The second kappa shape index (κ2) is 4.80. The highest BCUT2D eigenvalue weighted by Gasteiger charge is 2.30. The van der Waals surface area contributed by atoms with Crippen LogP contribution in [0.5, 0.6) is 0 Å². The topological polar surface area (TPSA) is 95.0 Å². The molecule has 1 aliphatic carbocycles. The van der Waals surface area contributed by atoms with Gasteiger partial charge in [-0.05, 0) is 25.4 Å². The molecule has 2 atom stereocenters. The van der Waals surface area contributed by atoms with Gasteiger partial charge in [0.1, 0.15) is 11.6 Å². The first-order valence-electron chi connectivity index (χ1n) is 10.1. The van der Waals surface area contributed by atoms with E-state index in [4.69, 9.17) is 16.7 Å². The van der Waals surface area contributed by atoms with Crippen molar-refractivity contribution in [1.82, 2.24) is 9.55 Å². The Morgan fingerprint density at radius 3 is 3.10 bits per heavy atom. The Bertz CT molecular complexity index is 1140. The number of hydrogen-bond donors (Lipinski definition) is 1. The molecule has 3 rings (SSSR count). The summed E-state index contributed by atoms with van der Waals surface area (Å²) in [5.74, 6) is -2.83. The first-order valence-corrected chi connectivity index (χ1v) is 6.03. The molecule has 0 amide bonds. The summed E-state index contributed by atoms with van der Waals surface area (Å²) in [7, 11) is 0. The van der Waals surface area contributed by atoms with Crippen molar-refractivity contribution in [3.63, 3.8) is 0 Å². The van der Waals surface area contributed by atoms with Gasteiger partial charge in [0.2, 0.25) is 0 Å². The molecular weight excluding hydrogens is 270 g/mol. The third-order valence-corrected chi connectivity index (χ3v) is 3.18. The molecule has 1 aromatic carbocycles. The first kappa shape index (κ1) is 6.98. The van der Waals surface area contributed by atoms with Gasteiger partial charge in [0.05, 0.1) is 28.8 Å². The van der Waals surface area contributed by atoms with Gasteiger partial charge in [-0.1, -0.05) is 6.04 Å². The van der Waals surface area contributed by atoms with E-state index in [0.29, 0.717) is 0 Å². The molecule has 2 aromatic rings.